The number of nitrogens with zero attached hydrogens (tertiary/aromatic N) is 3. The van der Waals surface area contributed by atoms with Crippen LogP contribution in [0, 0.1) is 20.8 Å². The fourth-order valence-electron chi connectivity index (χ4n) is 3.05. The van der Waals surface area contributed by atoms with Gasteiger partial charge in [0.2, 0.25) is 0 Å². The van der Waals surface area contributed by atoms with Crippen molar-refractivity contribution in [1.82, 2.24) is 15.0 Å². The minimum Gasteiger partial charge on any atom is -0.259 e. The molecule has 0 spiro atoms. The quantitative estimate of drug-likeness (QED) is 0.635. The van der Waals surface area contributed by atoms with Crippen molar-refractivity contribution in [3.63, 3.8) is 0 Å². The van der Waals surface area contributed by atoms with E-state index in [1.54, 1.807) is 0 Å². The zero-order valence-electron chi connectivity index (χ0n) is 15.2. The Bertz CT molecular complexity index is 735. The number of aromatic nitrogens is 3. The molecule has 0 aliphatic heterocycles. The third-order valence-corrected chi connectivity index (χ3v) is 6.72. The van der Waals surface area contributed by atoms with E-state index in [-0.39, 0.29) is 0 Å². The summed E-state index contributed by atoms with van der Waals surface area (Å²) in [6, 6.07) is 22.0. The van der Waals surface area contributed by atoms with Gasteiger partial charge in [0.25, 0.3) is 0 Å². The van der Waals surface area contributed by atoms with Crippen LogP contribution in [0.4, 0.5) is 0 Å². The van der Waals surface area contributed by atoms with Crippen molar-refractivity contribution in [2.75, 3.05) is 0 Å². The molecule has 0 unspecified atom stereocenters. The van der Waals surface area contributed by atoms with Crippen molar-refractivity contribution in [2.24, 2.45) is 0 Å². The molecular weight excluding hydrogens is 322 g/mol. The van der Waals surface area contributed by atoms with Gasteiger partial charge in [-0.05, 0) is 75.3 Å². The van der Waals surface area contributed by atoms with E-state index in [1.165, 1.54) is 17.1 Å². The van der Waals surface area contributed by atoms with Crippen LogP contribution in [-0.4, -0.2) is 23.7 Å². The van der Waals surface area contributed by atoms with Gasteiger partial charge in [0, 0.05) is 34.2 Å². The van der Waals surface area contributed by atoms with Gasteiger partial charge in [-0.25, -0.2) is 0 Å². The fraction of sp³-hybridized carbons (Fsp3) is 0.286. The molecule has 1 radical (unpaired) electrons. The Morgan fingerprint density at radius 3 is 1.16 bits per heavy atom. The van der Waals surface area contributed by atoms with Gasteiger partial charge in [0.05, 0.1) is 8.80 Å². The summed E-state index contributed by atoms with van der Waals surface area (Å²) in [6.07, 6.45) is 0. The van der Waals surface area contributed by atoms with Crippen molar-refractivity contribution >= 4 is 8.80 Å². The highest BCUT2D eigenvalue weighted by atomic mass is 28.3. The highest BCUT2D eigenvalue weighted by Gasteiger charge is 2.17. The number of aryl methyl sites for hydroxylation is 3. The van der Waals surface area contributed by atoms with Crippen LogP contribution in [0.1, 0.15) is 34.2 Å². The second-order valence-electron chi connectivity index (χ2n) is 6.59. The first-order valence-electron chi connectivity index (χ1n) is 8.70. The summed E-state index contributed by atoms with van der Waals surface area (Å²) in [7, 11) is -0.739. The highest BCUT2D eigenvalue weighted by molar-refractivity contribution is 6.57. The smallest absolute Gasteiger partial charge is 0.0673 e. The number of hydrogen-bond acceptors (Lipinski definition) is 3. The fourth-order valence-corrected chi connectivity index (χ4v) is 5.55. The van der Waals surface area contributed by atoms with Gasteiger partial charge in [0.1, 0.15) is 0 Å². The Hall–Kier alpha value is -2.33. The lowest BCUT2D eigenvalue weighted by molar-refractivity contribution is 1.02. The van der Waals surface area contributed by atoms with E-state index in [4.69, 9.17) is 15.0 Å². The molecule has 3 aromatic heterocycles. The zero-order valence-corrected chi connectivity index (χ0v) is 16.2. The van der Waals surface area contributed by atoms with E-state index in [0.29, 0.717) is 0 Å². The molecule has 3 aromatic rings. The van der Waals surface area contributed by atoms with Crippen LogP contribution in [0.3, 0.4) is 0 Å². The Balaban J connectivity index is 1.82. The minimum atomic E-state index is -0.739. The van der Waals surface area contributed by atoms with E-state index >= 15 is 0 Å². The molecule has 0 saturated carbocycles. The van der Waals surface area contributed by atoms with Gasteiger partial charge in [-0.2, -0.15) is 0 Å². The minimum absolute atomic E-state index is 0.739. The lowest BCUT2D eigenvalue weighted by Gasteiger charge is -2.15. The molecule has 3 nitrogen and oxygen atoms in total. The summed E-state index contributed by atoms with van der Waals surface area (Å²) < 4.78 is 0. The Labute approximate surface area is 151 Å². The summed E-state index contributed by atoms with van der Waals surface area (Å²) in [5.41, 5.74) is 6.82. The van der Waals surface area contributed by atoms with Gasteiger partial charge in [-0.1, -0.05) is 18.2 Å². The lowest BCUT2D eigenvalue weighted by Crippen LogP contribution is -2.26. The van der Waals surface area contributed by atoms with Gasteiger partial charge in [0.15, 0.2) is 0 Å². The van der Waals surface area contributed by atoms with Crippen LogP contribution in [0.15, 0.2) is 54.6 Å². The monoisotopic (exact) mass is 346 g/mol. The second-order valence-corrected chi connectivity index (χ2v) is 9.15. The van der Waals surface area contributed by atoms with E-state index in [0.717, 1.165) is 35.2 Å². The van der Waals surface area contributed by atoms with E-state index in [9.17, 15) is 0 Å². The summed E-state index contributed by atoms with van der Waals surface area (Å²) >= 11 is 0. The van der Waals surface area contributed by atoms with Gasteiger partial charge >= 0.3 is 0 Å². The molecule has 0 fully saturated rings. The maximum atomic E-state index is 4.72. The third-order valence-electron chi connectivity index (χ3n) is 4.13. The lowest BCUT2D eigenvalue weighted by atomic mass is 10.3. The molecule has 3 heterocycles. The van der Waals surface area contributed by atoms with Crippen LogP contribution in [0.2, 0.25) is 0 Å². The number of rotatable bonds is 6. The maximum Gasteiger partial charge on any atom is 0.0673 e. The molecule has 0 amide bonds. The summed E-state index contributed by atoms with van der Waals surface area (Å²) in [4.78, 5) is 14.1. The van der Waals surface area contributed by atoms with Crippen LogP contribution in [-0.2, 0) is 18.1 Å². The molecule has 0 atom stereocenters. The predicted molar refractivity (Wildman–Crippen MR) is 104 cm³/mol. The highest BCUT2D eigenvalue weighted by Crippen LogP contribution is 2.11. The van der Waals surface area contributed by atoms with Gasteiger partial charge in [-0.3, -0.25) is 15.0 Å². The molecule has 0 bridgehead atoms. The van der Waals surface area contributed by atoms with Crippen molar-refractivity contribution in [3.05, 3.63) is 88.8 Å². The molecule has 0 aliphatic rings. The molecule has 0 N–H and O–H groups in total. The average Bonchev–Trinajstić information content (AvgIpc) is 2.55. The molecule has 0 saturated heterocycles. The third kappa shape index (κ3) is 5.33. The van der Waals surface area contributed by atoms with Crippen LogP contribution < -0.4 is 0 Å². The van der Waals surface area contributed by atoms with Crippen molar-refractivity contribution in [3.8, 4) is 0 Å². The first-order valence-corrected chi connectivity index (χ1v) is 10.8. The van der Waals surface area contributed by atoms with E-state index < -0.39 is 8.80 Å². The second kappa shape index (κ2) is 8.16. The number of pyridine rings is 3. The van der Waals surface area contributed by atoms with E-state index in [2.05, 4.69) is 75.4 Å². The molecular formula is C21H24N3Si. The Morgan fingerprint density at radius 2 is 0.880 bits per heavy atom. The molecule has 3 rings (SSSR count). The summed E-state index contributed by atoms with van der Waals surface area (Å²) in [5.74, 6) is 0. The number of hydrogen-bond donors (Lipinski definition) is 0. The topological polar surface area (TPSA) is 38.7 Å². The molecule has 127 valence electrons. The van der Waals surface area contributed by atoms with Crippen molar-refractivity contribution in [2.45, 2.75) is 38.9 Å². The Morgan fingerprint density at radius 1 is 0.560 bits per heavy atom. The van der Waals surface area contributed by atoms with Crippen molar-refractivity contribution in [1.29, 1.82) is 0 Å². The predicted octanol–water partition coefficient (Wildman–Crippen LogP) is 3.94. The first-order chi connectivity index (χ1) is 12.1. The molecule has 0 aromatic carbocycles. The molecule has 4 heteroatoms. The standard InChI is InChI=1S/C21H24N3Si/c1-16-7-4-10-19(22-16)13-25(14-20-11-5-8-17(2)23-20)15-21-12-6-9-18(3)24-21/h4-12H,13-15H2,1-3H3. The normalized spacial score (nSPS) is 11.0. The first kappa shape index (κ1) is 17.5. The van der Waals surface area contributed by atoms with Crippen molar-refractivity contribution < 1.29 is 0 Å². The Kier molecular flexibility index (Phi) is 5.71. The summed E-state index contributed by atoms with van der Waals surface area (Å²) in [6.45, 7) is 6.17. The van der Waals surface area contributed by atoms with Crippen LogP contribution >= 0.6 is 0 Å². The molecule has 25 heavy (non-hydrogen) atoms. The summed E-state index contributed by atoms with van der Waals surface area (Å²) in [5, 5.41) is 0. The largest absolute Gasteiger partial charge is 0.259 e. The van der Waals surface area contributed by atoms with Gasteiger partial charge < -0.3 is 0 Å². The van der Waals surface area contributed by atoms with Crippen LogP contribution in [0.5, 0.6) is 0 Å². The van der Waals surface area contributed by atoms with Gasteiger partial charge in [-0.15, -0.1) is 0 Å². The zero-order chi connectivity index (χ0) is 17.6. The SMILES string of the molecule is Cc1cccc(C[Si](Cc2cccc(C)n2)Cc2cccc(C)n2)n1. The maximum absolute atomic E-state index is 4.72. The van der Waals surface area contributed by atoms with Crippen LogP contribution in [0.25, 0.3) is 0 Å². The average molecular weight is 347 g/mol. The molecule has 0 aliphatic carbocycles. The van der Waals surface area contributed by atoms with E-state index in [1.807, 2.05) is 0 Å².